The highest BCUT2D eigenvalue weighted by atomic mass is 16.5. The lowest BCUT2D eigenvalue weighted by Gasteiger charge is -2.41. The third-order valence-corrected chi connectivity index (χ3v) is 7.19. The van der Waals surface area contributed by atoms with E-state index in [0.717, 1.165) is 12.5 Å². The summed E-state index contributed by atoms with van der Waals surface area (Å²) >= 11 is 0. The first kappa shape index (κ1) is 14.8. The smallest absolute Gasteiger partial charge is 0.0640 e. The summed E-state index contributed by atoms with van der Waals surface area (Å²) in [6.07, 6.45) is 10.3. The first-order valence-electron chi connectivity index (χ1n) is 8.86. The van der Waals surface area contributed by atoms with Crippen molar-refractivity contribution in [2.75, 3.05) is 6.54 Å². The lowest BCUT2D eigenvalue weighted by molar-refractivity contribution is -0.0991. The second-order valence-corrected chi connectivity index (χ2v) is 8.28. The second-order valence-electron chi connectivity index (χ2n) is 8.28. The van der Waals surface area contributed by atoms with Crippen molar-refractivity contribution in [3.63, 3.8) is 0 Å². The molecule has 0 saturated heterocycles. The van der Waals surface area contributed by atoms with Crippen LogP contribution in [0.3, 0.4) is 0 Å². The van der Waals surface area contributed by atoms with E-state index in [9.17, 15) is 0 Å². The summed E-state index contributed by atoms with van der Waals surface area (Å²) in [6.45, 7) is 10.8. The van der Waals surface area contributed by atoms with Gasteiger partial charge in [0.05, 0.1) is 12.2 Å². The molecule has 0 amide bonds. The van der Waals surface area contributed by atoms with E-state index in [1.54, 1.807) is 0 Å². The van der Waals surface area contributed by atoms with Crippen LogP contribution in [0.25, 0.3) is 0 Å². The zero-order chi connectivity index (χ0) is 14.4. The lowest BCUT2D eigenvalue weighted by atomic mass is 9.70. The molecule has 5 atom stereocenters. The molecular weight excluding hydrogens is 246 g/mol. The molecule has 0 aromatic rings. The normalized spacial score (nSPS) is 46.8. The third kappa shape index (κ3) is 2.23. The summed E-state index contributed by atoms with van der Waals surface area (Å²) in [5.41, 5.74) is 0.899. The van der Waals surface area contributed by atoms with Gasteiger partial charge in [-0.2, -0.15) is 0 Å². The molecule has 0 aromatic carbocycles. The minimum absolute atomic E-state index is 0.419. The van der Waals surface area contributed by atoms with Crippen molar-refractivity contribution in [2.45, 2.75) is 90.9 Å². The molecule has 2 bridgehead atoms. The Morgan fingerprint density at radius 3 is 2.50 bits per heavy atom. The van der Waals surface area contributed by atoms with Gasteiger partial charge in [-0.05, 0) is 68.2 Å². The van der Waals surface area contributed by atoms with Crippen molar-refractivity contribution in [3.05, 3.63) is 0 Å². The minimum Gasteiger partial charge on any atom is -0.374 e. The van der Waals surface area contributed by atoms with Crippen LogP contribution in [0, 0.1) is 16.7 Å². The Morgan fingerprint density at radius 1 is 1.10 bits per heavy atom. The van der Waals surface area contributed by atoms with Gasteiger partial charge in [-0.3, -0.25) is 0 Å². The van der Waals surface area contributed by atoms with Crippen molar-refractivity contribution in [3.8, 4) is 0 Å². The molecule has 20 heavy (non-hydrogen) atoms. The predicted molar refractivity (Wildman–Crippen MR) is 83.8 cm³/mol. The molecule has 3 rings (SSSR count). The van der Waals surface area contributed by atoms with Crippen LogP contribution >= 0.6 is 0 Å². The molecule has 0 aromatic heterocycles. The van der Waals surface area contributed by atoms with E-state index in [0.29, 0.717) is 29.1 Å². The largest absolute Gasteiger partial charge is 0.374 e. The van der Waals surface area contributed by atoms with Gasteiger partial charge in [0.2, 0.25) is 0 Å². The van der Waals surface area contributed by atoms with Crippen LogP contribution < -0.4 is 5.32 Å². The first-order chi connectivity index (χ1) is 9.47. The zero-order valence-electron chi connectivity index (χ0n) is 13.9. The molecule has 2 nitrogen and oxygen atoms in total. The van der Waals surface area contributed by atoms with Crippen molar-refractivity contribution in [1.29, 1.82) is 0 Å². The Hall–Kier alpha value is -0.0800. The molecule has 0 spiro atoms. The Balaban J connectivity index is 1.62. The van der Waals surface area contributed by atoms with Crippen molar-refractivity contribution in [2.24, 2.45) is 16.7 Å². The number of nitrogens with one attached hydrogen (secondary N) is 1. The zero-order valence-corrected chi connectivity index (χ0v) is 13.9. The summed E-state index contributed by atoms with van der Waals surface area (Å²) in [6, 6.07) is 0.693. The second kappa shape index (κ2) is 5.28. The van der Waals surface area contributed by atoms with Gasteiger partial charge in [-0.15, -0.1) is 0 Å². The Morgan fingerprint density at radius 2 is 1.90 bits per heavy atom. The van der Waals surface area contributed by atoms with Crippen LogP contribution in [0.5, 0.6) is 0 Å². The molecule has 3 fully saturated rings. The highest BCUT2D eigenvalue weighted by Crippen LogP contribution is 2.66. The molecule has 5 unspecified atom stereocenters. The maximum atomic E-state index is 6.66. The number of ether oxygens (including phenoxy) is 1. The average molecular weight is 279 g/mol. The van der Waals surface area contributed by atoms with E-state index in [1.165, 1.54) is 44.9 Å². The number of rotatable bonds is 4. The monoisotopic (exact) mass is 279 g/mol. The summed E-state index contributed by atoms with van der Waals surface area (Å²) in [5.74, 6) is 0.894. The van der Waals surface area contributed by atoms with Gasteiger partial charge >= 0.3 is 0 Å². The Kier molecular flexibility index (Phi) is 3.92. The Labute approximate surface area is 125 Å². The van der Waals surface area contributed by atoms with Crippen molar-refractivity contribution < 1.29 is 4.74 Å². The number of hydrogen-bond acceptors (Lipinski definition) is 2. The molecule has 1 N–H and O–H groups in total. The quantitative estimate of drug-likeness (QED) is 0.835. The molecule has 0 heterocycles. The third-order valence-electron chi connectivity index (χ3n) is 7.19. The van der Waals surface area contributed by atoms with E-state index >= 15 is 0 Å². The van der Waals surface area contributed by atoms with Gasteiger partial charge in [0, 0.05) is 6.04 Å². The van der Waals surface area contributed by atoms with E-state index < -0.39 is 0 Å². The van der Waals surface area contributed by atoms with Crippen LogP contribution in [0.15, 0.2) is 0 Å². The summed E-state index contributed by atoms with van der Waals surface area (Å²) in [7, 11) is 0. The first-order valence-corrected chi connectivity index (χ1v) is 8.86. The van der Waals surface area contributed by atoms with Crippen molar-refractivity contribution in [1.82, 2.24) is 5.32 Å². The van der Waals surface area contributed by atoms with Crippen LogP contribution in [-0.4, -0.2) is 24.8 Å². The van der Waals surface area contributed by atoms with Crippen LogP contribution in [-0.2, 0) is 4.74 Å². The van der Waals surface area contributed by atoms with Crippen molar-refractivity contribution >= 4 is 0 Å². The van der Waals surface area contributed by atoms with Gasteiger partial charge in [0.15, 0.2) is 0 Å². The summed E-state index contributed by atoms with van der Waals surface area (Å²) < 4.78 is 6.66. The maximum absolute atomic E-state index is 6.66. The SMILES string of the molecule is CCNC1CCCC(OC2CC3CCC2(C)C3(C)C)C1. The van der Waals surface area contributed by atoms with Gasteiger partial charge in [-0.1, -0.05) is 27.7 Å². The molecule has 3 aliphatic carbocycles. The van der Waals surface area contributed by atoms with Gasteiger partial charge < -0.3 is 10.1 Å². The average Bonchev–Trinajstić information content (AvgIpc) is 2.73. The fraction of sp³-hybridized carbons (Fsp3) is 1.00. The highest BCUT2D eigenvalue weighted by molar-refractivity contribution is 5.11. The Bertz CT molecular complexity index is 351. The standard InChI is InChI=1S/C18H33NO/c1-5-19-14-7-6-8-15(12-14)20-16-11-13-9-10-18(16,4)17(13,2)3/h13-16,19H,5-12H2,1-4H3. The predicted octanol–water partition coefficient (Wildman–Crippen LogP) is 4.14. The summed E-state index contributed by atoms with van der Waals surface area (Å²) in [4.78, 5) is 0. The fourth-order valence-corrected chi connectivity index (χ4v) is 5.31. The minimum atomic E-state index is 0.419. The number of fused-ring (bicyclic) bond motifs is 2. The molecule has 3 aliphatic rings. The van der Waals surface area contributed by atoms with Gasteiger partial charge in [-0.25, -0.2) is 0 Å². The molecule has 0 radical (unpaired) electrons. The molecule has 2 heteroatoms. The lowest BCUT2D eigenvalue weighted by Crippen LogP contribution is -2.42. The van der Waals surface area contributed by atoms with E-state index in [1.807, 2.05) is 0 Å². The number of hydrogen-bond donors (Lipinski definition) is 1. The summed E-state index contributed by atoms with van der Waals surface area (Å²) in [5, 5.41) is 3.62. The molecule has 3 saturated carbocycles. The molecule has 116 valence electrons. The van der Waals surface area contributed by atoms with Gasteiger partial charge in [0.1, 0.15) is 0 Å². The fourth-order valence-electron chi connectivity index (χ4n) is 5.31. The molecule has 0 aliphatic heterocycles. The molecular formula is C18H33NO. The van der Waals surface area contributed by atoms with E-state index in [4.69, 9.17) is 4.74 Å². The maximum Gasteiger partial charge on any atom is 0.0640 e. The van der Waals surface area contributed by atoms with Crippen LogP contribution in [0.2, 0.25) is 0 Å². The van der Waals surface area contributed by atoms with Crippen LogP contribution in [0.1, 0.15) is 72.6 Å². The van der Waals surface area contributed by atoms with Crippen LogP contribution in [0.4, 0.5) is 0 Å². The van der Waals surface area contributed by atoms with E-state index in [2.05, 4.69) is 33.0 Å². The van der Waals surface area contributed by atoms with E-state index in [-0.39, 0.29) is 0 Å². The topological polar surface area (TPSA) is 21.3 Å². The highest BCUT2D eigenvalue weighted by Gasteiger charge is 2.62. The van der Waals surface area contributed by atoms with Gasteiger partial charge in [0.25, 0.3) is 0 Å².